The number of rotatable bonds is 7. The fourth-order valence-corrected chi connectivity index (χ4v) is 5.42. The number of anilines is 1. The summed E-state index contributed by atoms with van der Waals surface area (Å²) in [7, 11) is -4.05. The maximum absolute atomic E-state index is 14.8. The minimum absolute atomic E-state index is 0.0226. The molecule has 3 rings (SSSR count). The van der Waals surface area contributed by atoms with E-state index < -0.39 is 22.2 Å². The molecule has 30 heavy (non-hydrogen) atoms. The maximum Gasteiger partial charge on any atom is 0.264 e. The number of amides is 1. The third-order valence-corrected chi connectivity index (χ3v) is 7.22. The van der Waals surface area contributed by atoms with Crippen LogP contribution in [0, 0.1) is 0 Å². The second-order valence-electron chi connectivity index (χ2n) is 7.15. The van der Waals surface area contributed by atoms with Gasteiger partial charge in [0.15, 0.2) is 0 Å². The average molecular weight is 455 g/mol. The minimum atomic E-state index is -4.05. The van der Waals surface area contributed by atoms with Crippen LogP contribution < -0.4 is 9.62 Å². The van der Waals surface area contributed by atoms with Crippen molar-refractivity contribution in [2.45, 2.75) is 42.8 Å². The lowest BCUT2D eigenvalue weighted by molar-refractivity contribution is 0.0945. The number of nitrogens with zero attached hydrogens (tertiary/aromatic N) is 1. The Hall–Kier alpha value is -2.16. The van der Waals surface area contributed by atoms with Gasteiger partial charge in [-0.1, -0.05) is 24.4 Å². The zero-order chi connectivity index (χ0) is 21.7. The van der Waals surface area contributed by atoms with Gasteiger partial charge < -0.3 is 10.4 Å². The van der Waals surface area contributed by atoms with Gasteiger partial charge in [0.2, 0.25) is 0 Å². The normalized spacial score (nSPS) is 19.3. The number of aliphatic hydroxyl groups is 1. The molecule has 9 heteroatoms. The lowest BCUT2D eigenvalue weighted by Gasteiger charge is -2.37. The molecule has 1 fully saturated rings. The van der Waals surface area contributed by atoms with Crippen LogP contribution in [0.5, 0.6) is 0 Å². The molecule has 0 heterocycles. The molecule has 162 valence electrons. The van der Waals surface area contributed by atoms with Gasteiger partial charge in [-0.3, -0.25) is 9.10 Å². The molecule has 6 nitrogen and oxygen atoms in total. The Bertz CT molecular complexity index is 968. The summed E-state index contributed by atoms with van der Waals surface area (Å²) in [4.78, 5) is 12.1. The van der Waals surface area contributed by atoms with Crippen molar-refractivity contribution in [2.75, 3.05) is 17.5 Å². The number of sulfonamides is 1. The van der Waals surface area contributed by atoms with E-state index in [2.05, 4.69) is 5.32 Å². The van der Waals surface area contributed by atoms with E-state index in [1.54, 1.807) is 0 Å². The summed E-state index contributed by atoms with van der Waals surface area (Å²) in [5.41, 5.74) is 0.606. The van der Waals surface area contributed by atoms with Gasteiger partial charge in [-0.05, 0) is 61.4 Å². The Balaban J connectivity index is 1.99. The first-order valence-corrected chi connectivity index (χ1v) is 11.6. The summed E-state index contributed by atoms with van der Waals surface area (Å²) in [5.74, 6) is -0.385. The third kappa shape index (κ3) is 4.94. The molecule has 0 radical (unpaired) electrons. The average Bonchev–Trinajstić information content (AvgIpc) is 2.74. The van der Waals surface area contributed by atoms with Crippen molar-refractivity contribution in [3.63, 3.8) is 0 Å². The second kappa shape index (κ2) is 9.76. The monoisotopic (exact) mass is 454 g/mol. The molecular formula is C21H24ClFN2O4S. The van der Waals surface area contributed by atoms with Gasteiger partial charge in [0.1, 0.15) is 6.17 Å². The number of hydrogen-bond acceptors (Lipinski definition) is 4. The quantitative estimate of drug-likeness (QED) is 0.670. The van der Waals surface area contributed by atoms with Gasteiger partial charge in [-0.15, -0.1) is 0 Å². The molecule has 0 aliphatic heterocycles. The molecule has 2 aromatic carbocycles. The first-order valence-electron chi connectivity index (χ1n) is 9.78. The van der Waals surface area contributed by atoms with Crippen molar-refractivity contribution >= 4 is 33.2 Å². The van der Waals surface area contributed by atoms with Crippen LogP contribution in [0.15, 0.2) is 53.4 Å². The van der Waals surface area contributed by atoms with Gasteiger partial charge in [-0.25, -0.2) is 12.8 Å². The lowest BCUT2D eigenvalue weighted by Crippen LogP contribution is -2.47. The van der Waals surface area contributed by atoms with E-state index in [0.717, 1.165) is 17.1 Å². The van der Waals surface area contributed by atoms with E-state index in [9.17, 15) is 17.6 Å². The second-order valence-corrected chi connectivity index (χ2v) is 9.40. The third-order valence-electron chi connectivity index (χ3n) is 5.10. The summed E-state index contributed by atoms with van der Waals surface area (Å²) in [5, 5.41) is 11.8. The number of aliphatic hydroxyl groups excluding tert-OH is 1. The van der Waals surface area contributed by atoms with Gasteiger partial charge in [0.05, 0.1) is 23.2 Å². The van der Waals surface area contributed by atoms with Crippen LogP contribution in [-0.4, -0.2) is 44.8 Å². The number of nitrogens with one attached hydrogen (secondary N) is 1. The smallest absolute Gasteiger partial charge is 0.264 e. The van der Waals surface area contributed by atoms with Crippen molar-refractivity contribution in [2.24, 2.45) is 0 Å². The fourth-order valence-electron chi connectivity index (χ4n) is 3.59. The molecule has 0 bridgehead atoms. The van der Waals surface area contributed by atoms with Crippen LogP contribution in [0.25, 0.3) is 0 Å². The van der Waals surface area contributed by atoms with E-state index in [-0.39, 0.29) is 24.0 Å². The SMILES string of the molecule is O=C(NCCO)c1ccc(N(C2CCCCC2F)S(=O)(=O)c2ccc(Cl)cc2)cc1. The molecule has 2 unspecified atom stereocenters. The van der Waals surface area contributed by atoms with Crippen LogP contribution in [0.2, 0.25) is 5.02 Å². The minimum Gasteiger partial charge on any atom is -0.395 e. The van der Waals surface area contributed by atoms with Gasteiger partial charge in [-0.2, -0.15) is 0 Å². The Morgan fingerprint density at radius 3 is 2.33 bits per heavy atom. The van der Waals surface area contributed by atoms with E-state index in [0.29, 0.717) is 29.1 Å². The van der Waals surface area contributed by atoms with Gasteiger partial charge in [0, 0.05) is 17.1 Å². The predicted octanol–water partition coefficient (Wildman–Crippen LogP) is 3.54. The topological polar surface area (TPSA) is 86.7 Å². The van der Waals surface area contributed by atoms with E-state index in [1.807, 2.05) is 0 Å². The van der Waals surface area contributed by atoms with E-state index >= 15 is 0 Å². The van der Waals surface area contributed by atoms with Crippen LogP contribution in [0.3, 0.4) is 0 Å². The van der Waals surface area contributed by atoms with Crippen LogP contribution >= 0.6 is 11.6 Å². The maximum atomic E-state index is 14.8. The first kappa shape index (κ1) is 22.5. The molecule has 2 N–H and O–H groups in total. The van der Waals surface area contributed by atoms with Crippen molar-refractivity contribution in [1.29, 1.82) is 0 Å². The lowest BCUT2D eigenvalue weighted by atomic mass is 9.93. The van der Waals surface area contributed by atoms with Crippen LogP contribution in [-0.2, 0) is 10.0 Å². The zero-order valence-corrected chi connectivity index (χ0v) is 17.9. The summed E-state index contributed by atoms with van der Waals surface area (Å²) < 4.78 is 42.9. The van der Waals surface area contributed by atoms with Crippen molar-refractivity contribution in [3.8, 4) is 0 Å². The highest BCUT2D eigenvalue weighted by molar-refractivity contribution is 7.92. The van der Waals surface area contributed by atoms with Crippen molar-refractivity contribution in [3.05, 3.63) is 59.1 Å². The number of halogens is 2. The fraction of sp³-hybridized carbons (Fsp3) is 0.381. The number of carbonyl (C=O) groups is 1. The highest BCUT2D eigenvalue weighted by Crippen LogP contribution is 2.34. The van der Waals surface area contributed by atoms with E-state index in [4.69, 9.17) is 16.7 Å². The highest BCUT2D eigenvalue weighted by atomic mass is 35.5. The Morgan fingerprint density at radius 1 is 1.10 bits per heavy atom. The number of hydrogen-bond donors (Lipinski definition) is 2. The van der Waals surface area contributed by atoms with Gasteiger partial charge in [0.25, 0.3) is 15.9 Å². The molecule has 0 saturated heterocycles. The molecule has 1 amide bonds. The number of alkyl halides is 1. The summed E-state index contributed by atoms with van der Waals surface area (Å²) in [6.45, 7) is -0.0697. The summed E-state index contributed by atoms with van der Waals surface area (Å²) in [6, 6.07) is 10.9. The van der Waals surface area contributed by atoms with Crippen molar-refractivity contribution in [1.82, 2.24) is 5.32 Å². The van der Waals surface area contributed by atoms with Crippen LogP contribution in [0.1, 0.15) is 36.0 Å². The number of carbonyl (C=O) groups excluding carboxylic acids is 1. The molecule has 2 atom stereocenters. The molecule has 1 aliphatic carbocycles. The summed E-state index contributed by atoms with van der Waals surface area (Å²) in [6.07, 6.45) is 0.884. The highest BCUT2D eigenvalue weighted by Gasteiger charge is 2.38. The van der Waals surface area contributed by atoms with Crippen LogP contribution in [0.4, 0.5) is 10.1 Å². The standard InChI is InChI=1S/C21H24ClFN2O4S/c22-16-7-11-18(12-8-16)30(28,29)25(20-4-2-1-3-19(20)23)17-9-5-15(6-10-17)21(27)24-13-14-26/h5-12,19-20,26H,1-4,13-14H2,(H,24,27). The predicted molar refractivity (Wildman–Crippen MR) is 114 cm³/mol. The molecule has 0 aromatic heterocycles. The molecule has 2 aromatic rings. The first-order chi connectivity index (χ1) is 14.3. The largest absolute Gasteiger partial charge is 0.395 e. The van der Waals surface area contributed by atoms with E-state index in [1.165, 1.54) is 48.5 Å². The Labute approximate surface area is 180 Å². The Kier molecular flexibility index (Phi) is 7.33. The zero-order valence-electron chi connectivity index (χ0n) is 16.3. The molecule has 1 aliphatic rings. The molecular weight excluding hydrogens is 431 g/mol. The van der Waals surface area contributed by atoms with Gasteiger partial charge >= 0.3 is 0 Å². The Morgan fingerprint density at radius 2 is 1.73 bits per heavy atom. The molecule has 0 spiro atoms. The summed E-state index contributed by atoms with van der Waals surface area (Å²) >= 11 is 5.89. The molecule has 1 saturated carbocycles. The van der Waals surface area contributed by atoms with Crippen molar-refractivity contribution < 1.29 is 22.7 Å². The number of benzene rings is 2.